The second-order valence-corrected chi connectivity index (χ2v) is 8.16. The summed E-state index contributed by atoms with van der Waals surface area (Å²) in [6.45, 7) is 0.866. The maximum absolute atomic E-state index is 12.4. The minimum absolute atomic E-state index is 0.106. The van der Waals surface area contributed by atoms with E-state index in [1.807, 2.05) is 11.8 Å². The van der Waals surface area contributed by atoms with E-state index >= 15 is 0 Å². The highest BCUT2D eigenvalue weighted by molar-refractivity contribution is 7.99. The Hall–Kier alpha value is -0.220. The van der Waals surface area contributed by atoms with E-state index in [1.165, 1.54) is 38.5 Å². The zero-order valence-electron chi connectivity index (χ0n) is 11.7. The van der Waals surface area contributed by atoms with Crippen molar-refractivity contribution in [3.63, 3.8) is 0 Å². The predicted molar refractivity (Wildman–Crippen MR) is 80.1 cm³/mol. The summed E-state index contributed by atoms with van der Waals surface area (Å²) in [7, 11) is 0. The highest BCUT2D eigenvalue weighted by Gasteiger charge is 2.42. The topological polar surface area (TPSA) is 55.1 Å². The van der Waals surface area contributed by atoms with Gasteiger partial charge in [0.25, 0.3) is 0 Å². The summed E-state index contributed by atoms with van der Waals surface area (Å²) in [5.74, 6) is 3.14. The molecule has 0 radical (unpaired) electrons. The SMILES string of the molecule is NC1(C(=O)NCC23CCC(CC2)CC3)CCSCC1. The van der Waals surface area contributed by atoms with Crippen molar-refractivity contribution in [1.82, 2.24) is 5.32 Å². The molecule has 1 aliphatic heterocycles. The number of hydrogen-bond donors (Lipinski definition) is 2. The molecule has 3 saturated carbocycles. The van der Waals surface area contributed by atoms with Crippen molar-refractivity contribution in [2.45, 2.75) is 56.9 Å². The molecule has 0 aromatic rings. The zero-order valence-corrected chi connectivity index (χ0v) is 12.6. The van der Waals surface area contributed by atoms with Crippen LogP contribution < -0.4 is 11.1 Å². The lowest BCUT2D eigenvalue weighted by Crippen LogP contribution is -2.57. The summed E-state index contributed by atoms with van der Waals surface area (Å²) in [6, 6.07) is 0. The Bertz CT molecular complexity index is 330. The molecule has 0 atom stereocenters. The molecule has 0 spiro atoms. The third-order valence-electron chi connectivity index (χ3n) is 5.71. The van der Waals surface area contributed by atoms with Gasteiger partial charge in [-0.05, 0) is 74.2 Å². The number of rotatable bonds is 3. The van der Waals surface area contributed by atoms with Crippen molar-refractivity contribution in [2.24, 2.45) is 17.1 Å². The minimum Gasteiger partial charge on any atom is -0.354 e. The normalized spacial score (nSPS) is 37.0. The average molecular weight is 282 g/mol. The Morgan fingerprint density at radius 1 is 1.11 bits per heavy atom. The molecule has 1 saturated heterocycles. The second-order valence-electron chi connectivity index (χ2n) is 6.93. The van der Waals surface area contributed by atoms with Gasteiger partial charge in [0, 0.05) is 6.54 Å². The van der Waals surface area contributed by atoms with E-state index in [9.17, 15) is 4.79 Å². The maximum atomic E-state index is 12.4. The fraction of sp³-hybridized carbons (Fsp3) is 0.933. The van der Waals surface area contributed by atoms with Gasteiger partial charge in [-0.1, -0.05) is 0 Å². The third kappa shape index (κ3) is 2.80. The van der Waals surface area contributed by atoms with Crippen molar-refractivity contribution < 1.29 is 4.79 Å². The average Bonchev–Trinajstić information content (AvgIpc) is 2.47. The summed E-state index contributed by atoms with van der Waals surface area (Å²) >= 11 is 1.91. The van der Waals surface area contributed by atoms with Crippen LogP contribution in [0.4, 0.5) is 0 Å². The van der Waals surface area contributed by atoms with Crippen LogP contribution in [0.1, 0.15) is 51.4 Å². The second kappa shape index (κ2) is 5.28. The molecule has 3 aliphatic carbocycles. The summed E-state index contributed by atoms with van der Waals surface area (Å²) < 4.78 is 0. The molecule has 4 heteroatoms. The Balaban J connectivity index is 1.55. The fourth-order valence-corrected chi connectivity index (χ4v) is 5.23. The lowest BCUT2D eigenvalue weighted by molar-refractivity contribution is -0.127. The van der Waals surface area contributed by atoms with Gasteiger partial charge in [0.1, 0.15) is 0 Å². The van der Waals surface area contributed by atoms with E-state index in [2.05, 4.69) is 5.32 Å². The van der Waals surface area contributed by atoms with E-state index in [1.54, 1.807) is 0 Å². The molecule has 0 unspecified atom stereocenters. The highest BCUT2D eigenvalue weighted by Crippen LogP contribution is 2.49. The van der Waals surface area contributed by atoms with Gasteiger partial charge in [0.2, 0.25) is 5.91 Å². The van der Waals surface area contributed by atoms with E-state index in [0.717, 1.165) is 36.8 Å². The number of nitrogens with one attached hydrogen (secondary N) is 1. The van der Waals surface area contributed by atoms with Crippen LogP contribution in [0.2, 0.25) is 0 Å². The van der Waals surface area contributed by atoms with Gasteiger partial charge in [0.05, 0.1) is 5.54 Å². The van der Waals surface area contributed by atoms with E-state index in [0.29, 0.717) is 5.41 Å². The molecule has 0 aromatic carbocycles. The first-order chi connectivity index (χ1) is 9.12. The smallest absolute Gasteiger partial charge is 0.240 e. The Kier molecular flexibility index (Phi) is 3.82. The van der Waals surface area contributed by atoms with Crippen LogP contribution in [0.3, 0.4) is 0 Å². The molecular weight excluding hydrogens is 256 g/mol. The van der Waals surface area contributed by atoms with Crippen molar-refractivity contribution in [2.75, 3.05) is 18.1 Å². The molecule has 4 rings (SSSR count). The zero-order chi connectivity index (χ0) is 13.3. The summed E-state index contributed by atoms with van der Waals surface area (Å²) in [4.78, 5) is 12.4. The molecule has 4 fully saturated rings. The van der Waals surface area contributed by atoms with E-state index in [-0.39, 0.29) is 5.91 Å². The first-order valence-corrected chi connectivity index (χ1v) is 8.92. The monoisotopic (exact) mass is 282 g/mol. The molecule has 4 aliphatic rings. The van der Waals surface area contributed by atoms with Crippen LogP contribution in [-0.4, -0.2) is 29.5 Å². The number of fused-ring (bicyclic) bond motifs is 3. The fourth-order valence-electron chi connectivity index (χ4n) is 4.01. The van der Waals surface area contributed by atoms with Crippen LogP contribution in [0.15, 0.2) is 0 Å². The van der Waals surface area contributed by atoms with Gasteiger partial charge in [-0.2, -0.15) is 11.8 Å². The molecule has 0 aromatic heterocycles. The molecule has 1 amide bonds. The van der Waals surface area contributed by atoms with Crippen LogP contribution in [-0.2, 0) is 4.79 Å². The summed E-state index contributed by atoms with van der Waals surface area (Å²) in [6.07, 6.45) is 9.72. The number of carbonyl (C=O) groups is 1. The maximum Gasteiger partial charge on any atom is 0.240 e. The first-order valence-electron chi connectivity index (χ1n) is 7.77. The quantitative estimate of drug-likeness (QED) is 0.835. The van der Waals surface area contributed by atoms with E-state index in [4.69, 9.17) is 5.73 Å². The minimum atomic E-state index is -0.590. The van der Waals surface area contributed by atoms with E-state index < -0.39 is 5.54 Å². The molecule has 1 heterocycles. The van der Waals surface area contributed by atoms with Gasteiger partial charge in [-0.25, -0.2) is 0 Å². The highest BCUT2D eigenvalue weighted by atomic mass is 32.2. The standard InChI is InChI=1S/C15H26N2OS/c16-15(7-9-19-10-8-15)13(18)17-11-14-4-1-12(2-5-14)3-6-14/h12H,1-11,16H2,(H,17,18). The third-order valence-corrected chi connectivity index (χ3v) is 6.70. The van der Waals surface area contributed by atoms with Crippen LogP contribution in [0.5, 0.6) is 0 Å². The van der Waals surface area contributed by atoms with Crippen LogP contribution in [0, 0.1) is 11.3 Å². The number of thioether (sulfide) groups is 1. The van der Waals surface area contributed by atoms with Gasteiger partial charge < -0.3 is 11.1 Å². The van der Waals surface area contributed by atoms with Crippen molar-refractivity contribution >= 4 is 17.7 Å². The van der Waals surface area contributed by atoms with Crippen molar-refractivity contribution in [3.05, 3.63) is 0 Å². The number of amides is 1. The van der Waals surface area contributed by atoms with Gasteiger partial charge in [-0.3, -0.25) is 4.79 Å². The molecule has 3 N–H and O–H groups in total. The predicted octanol–water partition coefficient (Wildman–Crippen LogP) is 2.30. The van der Waals surface area contributed by atoms with Crippen LogP contribution >= 0.6 is 11.8 Å². The van der Waals surface area contributed by atoms with Crippen molar-refractivity contribution in [3.8, 4) is 0 Å². The molecule has 19 heavy (non-hydrogen) atoms. The molecule has 108 valence electrons. The lowest BCUT2D eigenvalue weighted by atomic mass is 9.60. The van der Waals surface area contributed by atoms with Gasteiger partial charge >= 0.3 is 0 Å². The van der Waals surface area contributed by atoms with Crippen LogP contribution in [0.25, 0.3) is 0 Å². The lowest BCUT2D eigenvalue weighted by Gasteiger charge is -2.47. The Labute approximate surface area is 120 Å². The van der Waals surface area contributed by atoms with Crippen molar-refractivity contribution in [1.29, 1.82) is 0 Å². The number of carbonyl (C=O) groups excluding carboxylic acids is 1. The number of hydrogen-bond acceptors (Lipinski definition) is 3. The Morgan fingerprint density at radius 3 is 2.26 bits per heavy atom. The molecule has 2 bridgehead atoms. The first kappa shape index (κ1) is 13.7. The van der Waals surface area contributed by atoms with Gasteiger partial charge in [-0.15, -0.1) is 0 Å². The number of nitrogens with two attached hydrogens (primary N) is 1. The largest absolute Gasteiger partial charge is 0.354 e. The molecule has 3 nitrogen and oxygen atoms in total. The van der Waals surface area contributed by atoms with Gasteiger partial charge in [0.15, 0.2) is 0 Å². The summed E-state index contributed by atoms with van der Waals surface area (Å²) in [5, 5.41) is 3.21. The summed E-state index contributed by atoms with van der Waals surface area (Å²) in [5.41, 5.74) is 6.10. The Morgan fingerprint density at radius 2 is 1.68 bits per heavy atom. The molecular formula is C15H26N2OS.